The number of thioether (sulfide) groups is 1. The largest absolute Gasteiger partial charge is 0.503 e. The Morgan fingerprint density at radius 3 is 2.58 bits per heavy atom. The van der Waals surface area contributed by atoms with Crippen molar-refractivity contribution in [2.45, 2.75) is 37.8 Å². The molecule has 4 rings (SSSR count). The average Bonchev–Trinajstić information content (AvgIpc) is 3.14. The van der Waals surface area contributed by atoms with Gasteiger partial charge in [-0.2, -0.15) is 0 Å². The van der Waals surface area contributed by atoms with E-state index in [1.165, 1.54) is 18.4 Å². The van der Waals surface area contributed by atoms with Gasteiger partial charge in [0.15, 0.2) is 16.3 Å². The summed E-state index contributed by atoms with van der Waals surface area (Å²) in [5, 5.41) is 10.1. The van der Waals surface area contributed by atoms with Gasteiger partial charge < -0.3 is 14.6 Å². The number of aromatic nitrogens is 1. The molecule has 1 aliphatic rings. The molecule has 2 aromatic carbocycles. The molecule has 7 nitrogen and oxygen atoms in total. The number of esters is 1. The van der Waals surface area contributed by atoms with Gasteiger partial charge in [-0.15, -0.1) is 11.8 Å². The van der Waals surface area contributed by atoms with Crippen LogP contribution in [-0.2, 0) is 9.53 Å². The normalized spacial score (nSPS) is 15.6. The second kappa shape index (κ2) is 10.7. The first-order valence-electron chi connectivity index (χ1n) is 11.1. The number of hydrogen-bond acceptors (Lipinski definition) is 8. The summed E-state index contributed by atoms with van der Waals surface area (Å²) in [4.78, 5) is 33.1. The Kier molecular flexibility index (Phi) is 7.77. The van der Waals surface area contributed by atoms with Gasteiger partial charge in [-0.3, -0.25) is 9.36 Å². The van der Waals surface area contributed by atoms with Crippen molar-refractivity contribution < 1.29 is 19.4 Å². The van der Waals surface area contributed by atoms with Crippen LogP contribution in [0.2, 0.25) is 0 Å². The maximum absolute atomic E-state index is 13.7. The minimum Gasteiger partial charge on any atom is -0.503 e. The second-order valence-corrected chi connectivity index (χ2v) is 11.1. The lowest BCUT2D eigenvalue weighted by Crippen LogP contribution is -2.40. The van der Waals surface area contributed by atoms with E-state index in [0.29, 0.717) is 30.6 Å². The van der Waals surface area contributed by atoms with Gasteiger partial charge in [0.25, 0.3) is 5.56 Å². The van der Waals surface area contributed by atoms with Gasteiger partial charge in [0.2, 0.25) is 0 Å². The highest BCUT2D eigenvalue weighted by Gasteiger charge is 2.33. The fraction of sp³-hybridized carbons (Fsp3) is 0.269. The van der Waals surface area contributed by atoms with Gasteiger partial charge in [0.05, 0.1) is 39.5 Å². The number of aromatic hydroxyl groups is 1. The third-order valence-electron chi connectivity index (χ3n) is 5.58. The topological polar surface area (TPSA) is 90.1 Å². The van der Waals surface area contributed by atoms with Crippen LogP contribution in [0.3, 0.4) is 0 Å². The highest BCUT2D eigenvalue weighted by atomic mass is 79.9. The molecule has 0 aliphatic carbocycles. The number of hydrogen-bond donors (Lipinski definition) is 1. The van der Waals surface area contributed by atoms with Crippen LogP contribution in [-0.4, -0.2) is 35.1 Å². The van der Waals surface area contributed by atoms with Crippen LogP contribution in [0.5, 0.6) is 11.5 Å². The lowest BCUT2D eigenvalue weighted by Gasteiger charge is -2.25. The lowest BCUT2D eigenvalue weighted by atomic mass is 9.96. The summed E-state index contributed by atoms with van der Waals surface area (Å²) in [5.74, 6) is -0.231. The third-order valence-corrected chi connectivity index (χ3v) is 7.92. The molecule has 0 saturated carbocycles. The van der Waals surface area contributed by atoms with Crippen LogP contribution in [0.25, 0.3) is 6.08 Å². The summed E-state index contributed by atoms with van der Waals surface area (Å²) in [6, 6.07) is 10.5. The van der Waals surface area contributed by atoms with Gasteiger partial charge in [0, 0.05) is 4.90 Å². The Balaban J connectivity index is 1.94. The number of ether oxygens (including phenoxy) is 2. The van der Waals surface area contributed by atoms with Crippen molar-refractivity contribution >= 4 is 51.1 Å². The Bertz CT molecular complexity index is 1540. The molecule has 0 spiro atoms. The number of methoxy groups -OCH3 is 1. The second-order valence-electron chi connectivity index (χ2n) is 8.36. The van der Waals surface area contributed by atoms with E-state index in [1.807, 2.05) is 30.5 Å². The van der Waals surface area contributed by atoms with Gasteiger partial charge in [-0.1, -0.05) is 23.5 Å². The fourth-order valence-corrected chi connectivity index (χ4v) is 5.86. The molecule has 0 unspecified atom stereocenters. The van der Waals surface area contributed by atoms with Crippen molar-refractivity contribution in [1.29, 1.82) is 0 Å². The van der Waals surface area contributed by atoms with E-state index in [9.17, 15) is 14.7 Å². The number of carbonyl (C=O) groups excluding carboxylic acids is 1. The first kappa shape index (κ1) is 26.2. The maximum atomic E-state index is 13.7. The van der Waals surface area contributed by atoms with E-state index in [1.54, 1.807) is 55.3 Å². The Labute approximate surface area is 224 Å². The molecular formula is C26H25BrN2O5S2. The zero-order valence-electron chi connectivity index (χ0n) is 20.4. The molecule has 1 atom stereocenters. The van der Waals surface area contributed by atoms with Crippen LogP contribution in [0, 0.1) is 0 Å². The summed E-state index contributed by atoms with van der Waals surface area (Å²) >= 11 is 6.17. The molecule has 36 heavy (non-hydrogen) atoms. The van der Waals surface area contributed by atoms with Crippen LogP contribution < -0.4 is 19.6 Å². The molecule has 0 amide bonds. The number of rotatable bonds is 6. The first-order valence-corrected chi connectivity index (χ1v) is 13.9. The zero-order valence-corrected chi connectivity index (χ0v) is 23.6. The van der Waals surface area contributed by atoms with Crippen molar-refractivity contribution in [3.63, 3.8) is 0 Å². The predicted molar refractivity (Wildman–Crippen MR) is 146 cm³/mol. The number of fused-ring (bicyclic) bond motifs is 1. The van der Waals surface area contributed by atoms with Crippen molar-refractivity contribution in [1.82, 2.24) is 4.57 Å². The van der Waals surface area contributed by atoms with E-state index in [0.717, 1.165) is 10.5 Å². The quantitative estimate of drug-likeness (QED) is 0.339. The molecule has 3 aromatic rings. The first-order chi connectivity index (χ1) is 17.1. The number of halogens is 1. The fourth-order valence-electron chi connectivity index (χ4n) is 3.95. The Hall–Kier alpha value is -2.82. The molecule has 0 radical (unpaired) electrons. The van der Waals surface area contributed by atoms with Crippen molar-refractivity contribution in [3.05, 3.63) is 83.0 Å². The Morgan fingerprint density at radius 2 is 1.97 bits per heavy atom. The standard InChI is InChI=1S/C26H25BrN2O5S2/c1-13(2)34-25(32)21-14(3)28-26-29(22(21)16-6-8-17(35-5)9-7-16)24(31)20(36-26)12-15-10-18(27)23(30)19(11-15)33-4/h6-13,22,30H,1-5H3/b20-12-/t22-/m1/s1. The van der Waals surface area contributed by atoms with E-state index in [4.69, 9.17) is 9.47 Å². The lowest BCUT2D eigenvalue weighted by molar-refractivity contribution is -0.143. The van der Waals surface area contributed by atoms with E-state index in [-0.39, 0.29) is 23.2 Å². The smallest absolute Gasteiger partial charge is 0.338 e. The molecule has 10 heteroatoms. The SMILES string of the molecule is COc1cc(/C=c2\sc3n(c2=O)[C@H](c2ccc(SC)cc2)C(C(=O)OC(C)C)=C(C)N=3)cc(Br)c1O. The van der Waals surface area contributed by atoms with Crippen molar-refractivity contribution in [2.24, 2.45) is 4.99 Å². The molecule has 2 heterocycles. The third kappa shape index (κ3) is 5.02. The number of benzene rings is 2. The van der Waals surface area contributed by atoms with E-state index in [2.05, 4.69) is 20.9 Å². The molecule has 0 bridgehead atoms. The van der Waals surface area contributed by atoms with Crippen LogP contribution in [0.1, 0.15) is 37.9 Å². The molecule has 188 valence electrons. The number of allylic oxidation sites excluding steroid dienone is 1. The number of thiazole rings is 1. The molecule has 1 aliphatic heterocycles. The van der Waals surface area contributed by atoms with E-state index >= 15 is 0 Å². The summed E-state index contributed by atoms with van der Waals surface area (Å²) in [6.45, 7) is 5.34. The highest BCUT2D eigenvalue weighted by molar-refractivity contribution is 9.10. The average molecular weight is 590 g/mol. The van der Waals surface area contributed by atoms with Crippen LogP contribution in [0.15, 0.2) is 66.8 Å². The van der Waals surface area contributed by atoms with Gasteiger partial charge in [0.1, 0.15) is 0 Å². The van der Waals surface area contributed by atoms with E-state index < -0.39 is 12.0 Å². The summed E-state index contributed by atoms with van der Waals surface area (Å²) < 4.78 is 13.2. The highest BCUT2D eigenvalue weighted by Crippen LogP contribution is 2.35. The minimum absolute atomic E-state index is 0.0197. The summed E-state index contributed by atoms with van der Waals surface area (Å²) in [7, 11) is 1.46. The van der Waals surface area contributed by atoms with Gasteiger partial charge in [-0.25, -0.2) is 9.79 Å². The maximum Gasteiger partial charge on any atom is 0.338 e. The number of carbonyl (C=O) groups is 1. The Morgan fingerprint density at radius 1 is 1.28 bits per heavy atom. The van der Waals surface area contributed by atoms with Crippen molar-refractivity contribution in [2.75, 3.05) is 13.4 Å². The molecule has 0 saturated heterocycles. The summed E-state index contributed by atoms with van der Waals surface area (Å²) in [5.41, 5.74) is 2.04. The zero-order chi connectivity index (χ0) is 26.1. The monoisotopic (exact) mass is 588 g/mol. The van der Waals surface area contributed by atoms with Crippen molar-refractivity contribution in [3.8, 4) is 11.5 Å². The van der Waals surface area contributed by atoms with Gasteiger partial charge in [-0.05, 0) is 84.4 Å². The number of nitrogens with zero attached hydrogens (tertiary/aromatic N) is 2. The number of phenols is 1. The minimum atomic E-state index is -0.674. The number of phenolic OH excluding ortho intramolecular Hbond substituents is 1. The van der Waals surface area contributed by atoms with Crippen LogP contribution >= 0.6 is 39.0 Å². The summed E-state index contributed by atoms with van der Waals surface area (Å²) in [6.07, 6.45) is 3.39. The molecule has 0 fully saturated rings. The van der Waals surface area contributed by atoms with Gasteiger partial charge >= 0.3 is 5.97 Å². The molecule has 1 aromatic heterocycles. The predicted octanol–water partition coefficient (Wildman–Crippen LogP) is 4.39. The molecular weight excluding hydrogens is 564 g/mol. The van der Waals surface area contributed by atoms with Crippen LogP contribution in [0.4, 0.5) is 0 Å². The molecule has 1 N–H and O–H groups in total.